The summed E-state index contributed by atoms with van der Waals surface area (Å²) in [6.45, 7) is 0. The van der Waals surface area contributed by atoms with Gasteiger partial charge in [0.05, 0.1) is 6.42 Å². The fourth-order valence-corrected chi connectivity index (χ4v) is 1.32. The Morgan fingerprint density at radius 1 is 1.07 bits per heavy atom. The monoisotopic (exact) mass is 208 g/mol. The minimum Gasteiger partial charge on any atom is -0.481 e. The quantitative estimate of drug-likeness (QED) is 0.765. The Hall–Kier alpha value is -1.84. The lowest BCUT2D eigenvalue weighted by molar-refractivity contribution is -0.137. The second-order valence-electron chi connectivity index (χ2n) is 3.28. The van der Waals surface area contributed by atoms with Crippen LogP contribution in [0.1, 0.15) is 17.5 Å². The molecule has 80 valence electrons. The van der Waals surface area contributed by atoms with Gasteiger partial charge in [-0.05, 0) is 17.5 Å². The summed E-state index contributed by atoms with van der Waals surface area (Å²) in [6.07, 6.45) is 0.472. The van der Waals surface area contributed by atoms with Crippen LogP contribution in [0.4, 0.5) is 0 Å². The highest BCUT2D eigenvalue weighted by atomic mass is 16.4. The van der Waals surface area contributed by atoms with E-state index in [0.29, 0.717) is 12.0 Å². The van der Waals surface area contributed by atoms with Gasteiger partial charge in [0, 0.05) is 6.42 Å². The molecule has 0 aliphatic carbocycles. The Kier molecular flexibility index (Phi) is 3.85. The van der Waals surface area contributed by atoms with Crippen molar-refractivity contribution in [2.45, 2.75) is 19.3 Å². The van der Waals surface area contributed by atoms with E-state index in [0.717, 1.165) is 5.56 Å². The lowest BCUT2D eigenvalue weighted by atomic mass is 10.0. The summed E-state index contributed by atoms with van der Waals surface area (Å²) in [7, 11) is 0. The first-order valence-corrected chi connectivity index (χ1v) is 4.59. The van der Waals surface area contributed by atoms with Crippen LogP contribution < -0.4 is 0 Å². The largest absolute Gasteiger partial charge is 0.481 e. The zero-order valence-corrected chi connectivity index (χ0v) is 8.14. The maximum atomic E-state index is 10.5. The predicted molar refractivity (Wildman–Crippen MR) is 53.7 cm³/mol. The molecule has 1 rings (SSSR count). The normalized spacial score (nSPS) is 9.87. The number of benzene rings is 1. The van der Waals surface area contributed by atoms with Gasteiger partial charge in [0.1, 0.15) is 0 Å². The molecule has 4 heteroatoms. The molecule has 0 aromatic heterocycles. The van der Waals surface area contributed by atoms with E-state index in [-0.39, 0.29) is 12.8 Å². The third-order valence-corrected chi connectivity index (χ3v) is 1.97. The molecule has 1 aromatic rings. The highest BCUT2D eigenvalue weighted by Gasteiger charge is 2.03. The fourth-order valence-electron chi connectivity index (χ4n) is 1.32. The summed E-state index contributed by atoms with van der Waals surface area (Å²) < 4.78 is 0. The van der Waals surface area contributed by atoms with Gasteiger partial charge in [-0.25, -0.2) is 0 Å². The van der Waals surface area contributed by atoms with E-state index in [1.165, 1.54) is 0 Å². The third-order valence-electron chi connectivity index (χ3n) is 1.97. The minimum atomic E-state index is -0.884. The van der Waals surface area contributed by atoms with Crippen LogP contribution in [0.15, 0.2) is 24.3 Å². The summed E-state index contributed by atoms with van der Waals surface area (Å²) >= 11 is 0. The molecule has 1 aromatic carbocycles. The van der Waals surface area contributed by atoms with Gasteiger partial charge in [0.2, 0.25) is 0 Å². The Labute approximate surface area is 87.2 Å². The smallest absolute Gasteiger partial charge is 0.307 e. The fraction of sp³-hybridized carbons (Fsp3) is 0.273. The number of carboxylic acids is 2. The molecule has 0 heterocycles. The molecular formula is C11H12O4. The second-order valence-corrected chi connectivity index (χ2v) is 3.28. The average molecular weight is 208 g/mol. The molecule has 0 spiro atoms. The van der Waals surface area contributed by atoms with Crippen LogP contribution in [0.25, 0.3) is 0 Å². The SMILES string of the molecule is O=C(O)CCc1cccc(CC(=O)O)c1. The Bertz CT molecular complexity index is 371. The predicted octanol–water partition coefficient (Wildman–Crippen LogP) is 1.33. The van der Waals surface area contributed by atoms with E-state index in [2.05, 4.69) is 0 Å². The molecule has 0 fully saturated rings. The molecule has 15 heavy (non-hydrogen) atoms. The van der Waals surface area contributed by atoms with Crippen molar-refractivity contribution < 1.29 is 19.8 Å². The minimum absolute atomic E-state index is 0.0269. The van der Waals surface area contributed by atoms with Crippen LogP contribution >= 0.6 is 0 Å². The summed E-state index contributed by atoms with van der Waals surface area (Å²) in [5, 5.41) is 17.1. The lowest BCUT2D eigenvalue weighted by Gasteiger charge is -2.01. The first-order valence-electron chi connectivity index (χ1n) is 4.59. The Morgan fingerprint density at radius 2 is 1.73 bits per heavy atom. The molecule has 2 N–H and O–H groups in total. The van der Waals surface area contributed by atoms with Gasteiger partial charge in [-0.2, -0.15) is 0 Å². The van der Waals surface area contributed by atoms with E-state index in [4.69, 9.17) is 10.2 Å². The number of hydrogen-bond donors (Lipinski definition) is 2. The van der Waals surface area contributed by atoms with Crippen LogP contribution in [0, 0.1) is 0 Å². The van der Waals surface area contributed by atoms with Gasteiger partial charge < -0.3 is 10.2 Å². The van der Waals surface area contributed by atoms with Crippen molar-refractivity contribution in [3.8, 4) is 0 Å². The van der Waals surface area contributed by atoms with Crippen molar-refractivity contribution in [2.24, 2.45) is 0 Å². The molecule has 0 saturated carbocycles. The van der Waals surface area contributed by atoms with Crippen LogP contribution in [0.2, 0.25) is 0 Å². The molecule has 0 radical (unpaired) electrons. The highest BCUT2D eigenvalue weighted by molar-refractivity contribution is 5.70. The summed E-state index contributed by atoms with van der Waals surface area (Å²) in [4.78, 5) is 20.8. The average Bonchev–Trinajstić information content (AvgIpc) is 2.14. The van der Waals surface area contributed by atoms with E-state index in [1.807, 2.05) is 0 Å². The van der Waals surface area contributed by atoms with Crippen molar-refractivity contribution in [2.75, 3.05) is 0 Å². The Morgan fingerprint density at radius 3 is 2.33 bits per heavy atom. The molecule has 0 amide bonds. The molecule has 0 atom stereocenters. The van der Waals surface area contributed by atoms with Crippen LogP contribution in [-0.2, 0) is 22.4 Å². The Balaban J connectivity index is 2.65. The summed E-state index contributed by atoms with van der Waals surface area (Å²) in [5.41, 5.74) is 1.56. The van der Waals surface area contributed by atoms with E-state index >= 15 is 0 Å². The van der Waals surface area contributed by atoms with Gasteiger partial charge >= 0.3 is 11.9 Å². The number of aliphatic carboxylic acids is 2. The van der Waals surface area contributed by atoms with Crippen molar-refractivity contribution in [1.29, 1.82) is 0 Å². The molecule has 0 aliphatic rings. The number of rotatable bonds is 5. The molecular weight excluding hydrogens is 196 g/mol. The summed E-state index contributed by atoms with van der Waals surface area (Å²) in [5.74, 6) is -1.73. The topological polar surface area (TPSA) is 74.6 Å². The number of aryl methyl sites for hydroxylation is 1. The number of hydrogen-bond acceptors (Lipinski definition) is 2. The third kappa shape index (κ3) is 4.26. The van der Waals surface area contributed by atoms with Crippen molar-refractivity contribution >= 4 is 11.9 Å². The van der Waals surface area contributed by atoms with Crippen molar-refractivity contribution in [3.63, 3.8) is 0 Å². The van der Waals surface area contributed by atoms with E-state index < -0.39 is 11.9 Å². The van der Waals surface area contributed by atoms with Crippen LogP contribution in [0.5, 0.6) is 0 Å². The molecule has 4 nitrogen and oxygen atoms in total. The first-order chi connectivity index (χ1) is 7.08. The van der Waals surface area contributed by atoms with E-state index in [9.17, 15) is 9.59 Å². The first kappa shape index (κ1) is 11.2. The highest BCUT2D eigenvalue weighted by Crippen LogP contribution is 2.08. The molecule has 0 aliphatic heterocycles. The number of carbonyl (C=O) groups is 2. The van der Waals surface area contributed by atoms with Gasteiger partial charge in [0.25, 0.3) is 0 Å². The standard InChI is InChI=1S/C11H12O4/c12-10(13)5-4-8-2-1-3-9(6-8)7-11(14)15/h1-3,6H,4-5,7H2,(H,12,13)(H,14,15). The van der Waals surface area contributed by atoms with E-state index in [1.54, 1.807) is 24.3 Å². The molecule has 0 saturated heterocycles. The zero-order chi connectivity index (χ0) is 11.3. The molecule has 0 bridgehead atoms. The maximum Gasteiger partial charge on any atom is 0.307 e. The van der Waals surface area contributed by atoms with Gasteiger partial charge in [-0.15, -0.1) is 0 Å². The zero-order valence-electron chi connectivity index (χ0n) is 8.14. The summed E-state index contributed by atoms with van der Waals surface area (Å²) in [6, 6.07) is 7.00. The number of carboxylic acid groups (broad SMARTS) is 2. The molecule has 0 unspecified atom stereocenters. The van der Waals surface area contributed by atoms with Gasteiger partial charge in [-0.1, -0.05) is 24.3 Å². The van der Waals surface area contributed by atoms with Crippen LogP contribution in [0.3, 0.4) is 0 Å². The van der Waals surface area contributed by atoms with Crippen molar-refractivity contribution in [1.82, 2.24) is 0 Å². The maximum absolute atomic E-state index is 10.5. The lowest BCUT2D eigenvalue weighted by Crippen LogP contribution is -2.01. The second kappa shape index (κ2) is 5.14. The van der Waals surface area contributed by atoms with Crippen LogP contribution in [-0.4, -0.2) is 22.2 Å². The van der Waals surface area contributed by atoms with Crippen molar-refractivity contribution in [3.05, 3.63) is 35.4 Å². The van der Waals surface area contributed by atoms with Gasteiger partial charge in [-0.3, -0.25) is 9.59 Å². The van der Waals surface area contributed by atoms with Gasteiger partial charge in [0.15, 0.2) is 0 Å².